The van der Waals surface area contributed by atoms with E-state index < -0.39 is 12.3 Å². The second-order valence-corrected chi connectivity index (χ2v) is 6.16. The van der Waals surface area contributed by atoms with Gasteiger partial charge in [-0.25, -0.2) is 13.8 Å². The molecule has 0 aliphatic heterocycles. The standard InChI is InChI=1S/C18H19F2N5O/c1-4-10(2)12-5-7-13(8-6-12)22-17(26)16-23-18-21-11(3)9-14(15(19)20)25(18)24-16/h5-10,15H,4H2,1-3H3,(H,22,26)/t10-/m0/s1. The average molecular weight is 359 g/mol. The molecule has 0 radical (unpaired) electrons. The molecule has 0 unspecified atom stereocenters. The smallest absolute Gasteiger partial charge is 0.295 e. The highest BCUT2D eigenvalue weighted by atomic mass is 19.3. The first-order chi connectivity index (χ1) is 12.4. The molecular formula is C18H19F2N5O. The molecule has 0 aliphatic carbocycles. The second kappa shape index (κ2) is 7.15. The van der Waals surface area contributed by atoms with Crippen molar-refractivity contribution in [3.8, 4) is 0 Å². The van der Waals surface area contributed by atoms with Crippen LogP contribution in [0.5, 0.6) is 0 Å². The number of hydrogen-bond acceptors (Lipinski definition) is 4. The lowest BCUT2D eigenvalue weighted by molar-refractivity contribution is 0.101. The van der Waals surface area contributed by atoms with E-state index in [2.05, 4.69) is 34.2 Å². The zero-order valence-electron chi connectivity index (χ0n) is 14.7. The minimum absolute atomic E-state index is 0.0300. The number of alkyl halides is 2. The number of hydrogen-bond donors (Lipinski definition) is 1. The monoisotopic (exact) mass is 359 g/mol. The number of aryl methyl sites for hydroxylation is 1. The third-order valence-electron chi connectivity index (χ3n) is 4.24. The Balaban J connectivity index is 1.85. The van der Waals surface area contributed by atoms with Crippen molar-refractivity contribution in [2.45, 2.75) is 39.5 Å². The Hall–Kier alpha value is -2.90. The third-order valence-corrected chi connectivity index (χ3v) is 4.24. The summed E-state index contributed by atoms with van der Waals surface area (Å²) in [5, 5.41) is 6.56. The van der Waals surface area contributed by atoms with Crippen LogP contribution in [-0.4, -0.2) is 25.5 Å². The van der Waals surface area contributed by atoms with Crippen LogP contribution >= 0.6 is 0 Å². The van der Waals surface area contributed by atoms with Gasteiger partial charge in [-0.15, -0.1) is 5.10 Å². The maximum absolute atomic E-state index is 13.1. The number of benzene rings is 1. The Morgan fingerprint density at radius 1 is 1.23 bits per heavy atom. The highest BCUT2D eigenvalue weighted by Crippen LogP contribution is 2.21. The normalized spacial score (nSPS) is 12.5. The Morgan fingerprint density at radius 2 is 1.92 bits per heavy atom. The van der Waals surface area contributed by atoms with Crippen LogP contribution in [0.1, 0.15) is 60.2 Å². The van der Waals surface area contributed by atoms with Crippen molar-refractivity contribution in [2.24, 2.45) is 0 Å². The summed E-state index contributed by atoms with van der Waals surface area (Å²) >= 11 is 0. The first kappa shape index (κ1) is 17.9. The molecule has 0 aliphatic rings. The molecule has 1 atom stereocenters. The lowest BCUT2D eigenvalue weighted by Crippen LogP contribution is -2.14. The molecule has 0 saturated heterocycles. The molecule has 8 heteroatoms. The molecule has 1 N–H and O–H groups in total. The first-order valence-electron chi connectivity index (χ1n) is 8.32. The molecule has 136 valence electrons. The fourth-order valence-corrected chi connectivity index (χ4v) is 2.58. The van der Waals surface area contributed by atoms with Crippen molar-refractivity contribution in [3.63, 3.8) is 0 Å². The summed E-state index contributed by atoms with van der Waals surface area (Å²) in [5.41, 5.74) is 1.79. The molecule has 2 heterocycles. The van der Waals surface area contributed by atoms with E-state index in [1.54, 1.807) is 19.1 Å². The maximum Gasteiger partial charge on any atom is 0.295 e. The predicted molar refractivity (Wildman–Crippen MR) is 93.6 cm³/mol. The number of amides is 1. The van der Waals surface area contributed by atoms with E-state index >= 15 is 0 Å². The van der Waals surface area contributed by atoms with Gasteiger partial charge in [0.15, 0.2) is 0 Å². The van der Waals surface area contributed by atoms with Crippen molar-refractivity contribution in [3.05, 3.63) is 53.1 Å². The van der Waals surface area contributed by atoms with Crippen molar-refractivity contribution >= 4 is 17.4 Å². The third kappa shape index (κ3) is 3.54. The van der Waals surface area contributed by atoms with E-state index in [-0.39, 0.29) is 17.3 Å². The number of fused-ring (bicyclic) bond motifs is 1. The van der Waals surface area contributed by atoms with E-state index in [9.17, 15) is 13.6 Å². The van der Waals surface area contributed by atoms with E-state index in [1.165, 1.54) is 11.6 Å². The zero-order chi connectivity index (χ0) is 18.8. The molecule has 0 fully saturated rings. The van der Waals surface area contributed by atoms with Gasteiger partial charge >= 0.3 is 0 Å². The van der Waals surface area contributed by atoms with Crippen molar-refractivity contribution in [1.29, 1.82) is 0 Å². The Bertz CT molecular complexity index is 937. The maximum atomic E-state index is 13.1. The number of carbonyl (C=O) groups excluding carboxylic acids is 1. The number of halogens is 2. The minimum atomic E-state index is -2.75. The van der Waals surface area contributed by atoms with E-state index in [0.29, 0.717) is 17.3 Å². The van der Waals surface area contributed by atoms with Gasteiger partial charge < -0.3 is 5.32 Å². The summed E-state index contributed by atoms with van der Waals surface area (Å²) in [6.07, 6.45) is -1.72. The average Bonchev–Trinajstić information content (AvgIpc) is 3.04. The topological polar surface area (TPSA) is 72.2 Å². The SMILES string of the molecule is CC[C@H](C)c1ccc(NC(=O)c2nc3nc(C)cc(C(F)F)n3n2)cc1. The van der Waals surface area contributed by atoms with Gasteiger partial charge in [0.2, 0.25) is 5.82 Å². The van der Waals surface area contributed by atoms with Crippen LogP contribution in [0.25, 0.3) is 5.78 Å². The predicted octanol–water partition coefficient (Wildman–Crippen LogP) is 4.14. The summed E-state index contributed by atoms with van der Waals surface area (Å²) < 4.78 is 27.2. The molecule has 1 aromatic carbocycles. The second-order valence-electron chi connectivity index (χ2n) is 6.16. The Morgan fingerprint density at radius 3 is 2.54 bits per heavy atom. The number of nitrogens with one attached hydrogen (secondary N) is 1. The number of aromatic nitrogens is 4. The highest BCUT2D eigenvalue weighted by Gasteiger charge is 2.20. The minimum Gasteiger partial charge on any atom is -0.319 e. The van der Waals surface area contributed by atoms with Crippen LogP contribution in [0, 0.1) is 6.92 Å². The molecule has 26 heavy (non-hydrogen) atoms. The molecule has 0 bridgehead atoms. The highest BCUT2D eigenvalue weighted by molar-refractivity contribution is 6.01. The largest absolute Gasteiger partial charge is 0.319 e. The number of anilines is 1. The number of carbonyl (C=O) groups is 1. The van der Waals surface area contributed by atoms with Crippen molar-refractivity contribution < 1.29 is 13.6 Å². The van der Waals surface area contributed by atoms with Crippen LogP contribution in [0.15, 0.2) is 30.3 Å². The summed E-state index contributed by atoms with van der Waals surface area (Å²) in [4.78, 5) is 20.4. The molecule has 1 amide bonds. The van der Waals surface area contributed by atoms with Crippen molar-refractivity contribution in [2.75, 3.05) is 5.32 Å². The molecule has 6 nitrogen and oxygen atoms in total. The van der Waals surface area contributed by atoms with Gasteiger partial charge in [0.1, 0.15) is 5.69 Å². The van der Waals surface area contributed by atoms with E-state index in [4.69, 9.17) is 0 Å². The fourth-order valence-electron chi connectivity index (χ4n) is 2.58. The number of nitrogens with zero attached hydrogens (tertiary/aromatic N) is 4. The van der Waals surface area contributed by atoms with Crippen LogP contribution in [-0.2, 0) is 0 Å². The summed E-state index contributed by atoms with van der Waals surface area (Å²) in [6.45, 7) is 5.82. The summed E-state index contributed by atoms with van der Waals surface area (Å²) in [5.74, 6) is -0.389. The van der Waals surface area contributed by atoms with Gasteiger partial charge in [0.25, 0.3) is 18.1 Å². The molecule has 0 spiro atoms. The lowest BCUT2D eigenvalue weighted by Gasteiger charge is -2.09. The molecular weight excluding hydrogens is 340 g/mol. The fraction of sp³-hybridized carbons (Fsp3) is 0.333. The number of rotatable bonds is 5. The zero-order valence-corrected chi connectivity index (χ0v) is 14.7. The molecule has 2 aromatic heterocycles. The van der Waals surface area contributed by atoms with Gasteiger partial charge in [-0.05, 0) is 43.0 Å². The Labute approximate surface area is 149 Å². The van der Waals surface area contributed by atoms with Crippen LogP contribution in [0.2, 0.25) is 0 Å². The van der Waals surface area contributed by atoms with Gasteiger partial charge in [-0.2, -0.15) is 9.50 Å². The molecule has 3 aromatic rings. The molecule has 3 rings (SSSR count). The van der Waals surface area contributed by atoms with Crippen LogP contribution < -0.4 is 5.32 Å². The Kier molecular flexibility index (Phi) is 4.92. The van der Waals surface area contributed by atoms with Gasteiger partial charge in [0, 0.05) is 11.4 Å². The first-order valence-corrected chi connectivity index (χ1v) is 8.32. The van der Waals surface area contributed by atoms with Crippen LogP contribution in [0.3, 0.4) is 0 Å². The molecule has 0 saturated carbocycles. The summed E-state index contributed by atoms with van der Waals surface area (Å²) in [6, 6.07) is 8.70. The quantitative estimate of drug-likeness (QED) is 0.743. The summed E-state index contributed by atoms with van der Waals surface area (Å²) in [7, 11) is 0. The van der Waals surface area contributed by atoms with E-state index in [0.717, 1.165) is 10.9 Å². The van der Waals surface area contributed by atoms with Gasteiger partial charge in [-0.1, -0.05) is 26.0 Å². The van der Waals surface area contributed by atoms with Gasteiger partial charge in [0.05, 0.1) is 0 Å². The van der Waals surface area contributed by atoms with Gasteiger partial charge in [-0.3, -0.25) is 4.79 Å². The van der Waals surface area contributed by atoms with E-state index in [1.807, 2.05) is 12.1 Å². The van der Waals surface area contributed by atoms with Crippen LogP contribution in [0.4, 0.5) is 14.5 Å². The lowest BCUT2D eigenvalue weighted by atomic mass is 9.99. The van der Waals surface area contributed by atoms with Crippen molar-refractivity contribution in [1.82, 2.24) is 19.6 Å².